The number of ether oxygens (including phenoxy) is 1. The summed E-state index contributed by atoms with van der Waals surface area (Å²) < 4.78 is 5.03. The molecule has 1 aromatic carbocycles. The molecule has 90 valence electrons. The molecule has 1 rings (SSSR count). The smallest absolute Gasteiger partial charge is 0.0589 e. The standard InChI is InChI=1S/C12H20N2O2/c1-16-9-7-14(6-8-15)10-11-2-4-12(13)5-3-11/h2-5,15H,6-10,13H2,1H3. The van der Waals surface area contributed by atoms with Gasteiger partial charge < -0.3 is 15.6 Å². The topological polar surface area (TPSA) is 58.7 Å². The van der Waals surface area contributed by atoms with Gasteiger partial charge in [0, 0.05) is 32.4 Å². The van der Waals surface area contributed by atoms with E-state index in [0.717, 1.165) is 18.8 Å². The molecule has 0 spiro atoms. The van der Waals surface area contributed by atoms with E-state index in [1.54, 1.807) is 7.11 Å². The second-order valence-electron chi connectivity index (χ2n) is 3.73. The number of methoxy groups -OCH3 is 1. The molecule has 0 saturated carbocycles. The second-order valence-corrected chi connectivity index (χ2v) is 3.73. The molecule has 0 heterocycles. The summed E-state index contributed by atoms with van der Waals surface area (Å²) in [5, 5.41) is 8.96. The summed E-state index contributed by atoms with van der Waals surface area (Å²) >= 11 is 0. The molecule has 3 N–H and O–H groups in total. The van der Waals surface area contributed by atoms with E-state index in [2.05, 4.69) is 4.90 Å². The first kappa shape index (κ1) is 13.0. The fourth-order valence-corrected chi connectivity index (χ4v) is 1.51. The van der Waals surface area contributed by atoms with Crippen LogP contribution in [0.5, 0.6) is 0 Å². The van der Waals surface area contributed by atoms with E-state index >= 15 is 0 Å². The lowest BCUT2D eigenvalue weighted by atomic mass is 10.2. The maximum absolute atomic E-state index is 8.96. The molecule has 0 aliphatic carbocycles. The van der Waals surface area contributed by atoms with Gasteiger partial charge in [0.15, 0.2) is 0 Å². The number of hydrogen-bond donors (Lipinski definition) is 2. The molecule has 16 heavy (non-hydrogen) atoms. The van der Waals surface area contributed by atoms with E-state index in [9.17, 15) is 0 Å². The summed E-state index contributed by atoms with van der Waals surface area (Å²) in [6.45, 7) is 3.13. The Labute approximate surface area is 96.6 Å². The third-order valence-electron chi connectivity index (χ3n) is 2.41. The van der Waals surface area contributed by atoms with Gasteiger partial charge in [-0.1, -0.05) is 12.1 Å². The van der Waals surface area contributed by atoms with Crippen LogP contribution in [0.25, 0.3) is 0 Å². The number of aliphatic hydroxyl groups is 1. The zero-order valence-electron chi connectivity index (χ0n) is 9.72. The molecule has 0 radical (unpaired) electrons. The van der Waals surface area contributed by atoms with E-state index in [4.69, 9.17) is 15.6 Å². The summed E-state index contributed by atoms with van der Waals surface area (Å²) in [4.78, 5) is 2.15. The second kappa shape index (κ2) is 7.22. The Bertz CT molecular complexity index is 288. The van der Waals surface area contributed by atoms with Crippen molar-refractivity contribution in [3.63, 3.8) is 0 Å². The van der Waals surface area contributed by atoms with Crippen molar-refractivity contribution in [3.05, 3.63) is 29.8 Å². The van der Waals surface area contributed by atoms with E-state index in [-0.39, 0.29) is 6.61 Å². The number of nitrogen functional groups attached to an aromatic ring is 1. The highest BCUT2D eigenvalue weighted by molar-refractivity contribution is 5.39. The largest absolute Gasteiger partial charge is 0.399 e. The van der Waals surface area contributed by atoms with Gasteiger partial charge in [0.25, 0.3) is 0 Å². The van der Waals surface area contributed by atoms with Gasteiger partial charge in [0.05, 0.1) is 13.2 Å². The first-order valence-electron chi connectivity index (χ1n) is 5.43. The molecule has 4 heteroatoms. The third-order valence-corrected chi connectivity index (χ3v) is 2.41. The Morgan fingerprint density at radius 3 is 2.50 bits per heavy atom. The van der Waals surface area contributed by atoms with Crippen LogP contribution in [0.15, 0.2) is 24.3 Å². The number of nitrogens with zero attached hydrogens (tertiary/aromatic N) is 1. The summed E-state index contributed by atoms with van der Waals surface area (Å²) in [6.07, 6.45) is 0. The molecule has 0 bridgehead atoms. The molecule has 0 fully saturated rings. The summed E-state index contributed by atoms with van der Waals surface area (Å²) in [6, 6.07) is 7.80. The zero-order chi connectivity index (χ0) is 11.8. The van der Waals surface area contributed by atoms with Gasteiger partial charge in [-0.15, -0.1) is 0 Å². The van der Waals surface area contributed by atoms with Crippen molar-refractivity contribution < 1.29 is 9.84 Å². The van der Waals surface area contributed by atoms with Crippen molar-refractivity contribution in [2.45, 2.75) is 6.54 Å². The van der Waals surface area contributed by atoms with E-state index in [1.807, 2.05) is 24.3 Å². The van der Waals surface area contributed by atoms with Crippen LogP contribution in [-0.2, 0) is 11.3 Å². The molecular weight excluding hydrogens is 204 g/mol. The van der Waals surface area contributed by atoms with Gasteiger partial charge in [-0.25, -0.2) is 0 Å². The van der Waals surface area contributed by atoms with Gasteiger partial charge in [-0.3, -0.25) is 4.90 Å². The van der Waals surface area contributed by atoms with Gasteiger partial charge in [0.2, 0.25) is 0 Å². The molecule has 0 atom stereocenters. The lowest BCUT2D eigenvalue weighted by Gasteiger charge is -2.20. The highest BCUT2D eigenvalue weighted by atomic mass is 16.5. The maximum atomic E-state index is 8.96. The Morgan fingerprint density at radius 1 is 1.25 bits per heavy atom. The fraction of sp³-hybridized carbons (Fsp3) is 0.500. The Hall–Kier alpha value is -1.10. The number of rotatable bonds is 7. The minimum Gasteiger partial charge on any atom is -0.399 e. The number of anilines is 1. The number of nitrogens with two attached hydrogens (primary N) is 1. The van der Waals surface area contributed by atoms with Crippen LogP contribution in [0.2, 0.25) is 0 Å². The van der Waals surface area contributed by atoms with E-state index in [0.29, 0.717) is 13.2 Å². The highest BCUT2D eigenvalue weighted by Crippen LogP contribution is 2.08. The minimum absolute atomic E-state index is 0.165. The van der Waals surface area contributed by atoms with Crippen LogP contribution in [0.3, 0.4) is 0 Å². The monoisotopic (exact) mass is 224 g/mol. The normalized spacial score (nSPS) is 10.9. The van der Waals surface area contributed by atoms with Gasteiger partial charge in [0.1, 0.15) is 0 Å². The third kappa shape index (κ3) is 4.61. The minimum atomic E-state index is 0.165. The van der Waals surface area contributed by atoms with E-state index < -0.39 is 0 Å². The molecule has 0 unspecified atom stereocenters. The summed E-state index contributed by atoms with van der Waals surface area (Å²) in [5.74, 6) is 0. The first-order valence-corrected chi connectivity index (χ1v) is 5.43. The van der Waals surface area contributed by atoms with Gasteiger partial charge in [-0.2, -0.15) is 0 Å². The van der Waals surface area contributed by atoms with Crippen LogP contribution < -0.4 is 5.73 Å². The number of hydrogen-bond acceptors (Lipinski definition) is 4. The average molecular weight is 224 g/mol. The van der Waals surface area contributed by atoms with Crippen LogP contribution in [0, 0.1) is 0 Å². The molecule has 4 nitrogen and oxygen atoms in total. The predicted molar refractivity (Wildman–Crippen MR) is 65.1 cm³/mol. The summed E-state index contributed by atoms with van der Waals surface area (Å²) in [5.41, 5.74) is 7.59. The van der Waals surface area contributed by atoms with Crippen molar-refractivity contribution in [3.8, 4) is 0 Å². The molecule has 1 aromatic rings. The molecule has 0 aliphatic heterocycles. The summed E-state index contributed by atoms with van der Waals surface area (Å²) in [7, 11) is 1.68. The maximum Gasteiger partial charge on any atom is 0.0589 e. The zero-order valence-corrected chi connectivity index (χ0v) is 9.72. The predicted octanol–water partition coefficient (Wildman–Crippen LogP) is 0.710. The van der Waals surface area contributed by atoms with Gasteiger partial charge >= 0.3 is 0 Å². The lowest BCUT2D eigenvalue weighted by molar-refractivity contribution is 0.127. The first-order chi connectivity index (χ1) is 7.76. The van der Waals surface area contributed by atoms with Crippen molar-refractivity contribution in [1.82, 2.24) is 4.90 Å². The van der Waals surface area contributed by atoms with Crippen molar-refractivity contribution >= 4 is 5.69 Å². The SMILES string of the molecule is COCCN(CCO)Cc1ccc(N)cc1. The van der Waals surface area contributed by atoms with E-state index in [1.165, 1.54) is 5.56 Å². The number of aliphatic hydroxyl groups excluding tert-OH is 1. The van der Waals surface area contributed by atoms with Gasteiger partial charge in [-0.05, 0) is 17.7 Å². The molecule has 0 amide bonds. The van der Waals surface area contributed by atoms with Crippen molar-refractivity contribution in [2.75, 3.05) is 39.1 Å². The van der Waals surface area contributed by atoms with Crippen molar-refractivity contribution in [1.29, 1.82) is 0 Å². The van der Waals surface area contributed by atoms with Crippen LogP contribution >= 0.6 is 0 Å². The average Bonchev–Trinajstić information content (AvgIpc) is 2.29. The fourth-order valence-electron chi connectivity index (χ4n) is 1.51. The highest BCUT2D eigenvalue weighted by Gasteiger charge is 2.04. The molecule has 0 aromatic heterocycles. The van der Waals surface area contributed by atoms with Crippen LogP contribution in [0.1, 0.15) is 5.56 Å². The molecular formula is C12H20N2O2. The van der Waals surface area contributed by atoms with Crippen LogP contribution in [0.4, 0.5) is 5.69 Å². The van der Waals surface area contributed by atoms with Crippen molar-refractivity contribution in [2.24, 2.45) is 0 Å². The Balaban J connectivity index is 2.49. The number of benzene rings is 1. The molecule has 0 saturated heterocycles. The molecule has 0 aliphatic rings. The quantitative estimate of drug-likeness (QED) is 0.670. The lowest BCUT2D eigenvalue weighted by Crippen LogP contribution is -2.29. The Morgan fingerprint density at radius 2 is 1.94 bits per heavy atom. The Kier molecular flexibility index (Phi) is 5.85. The van der Waals surface area contributed by atoms with Crippen LogP contribution in [-0.4, -0.2) is 43.4 Å².